The van der Waals surface area contributed by atoms with Crippen LogP contribution in [0.3, 0.4) is 0 Å². The normalized spacial score (nSPS) is 17.5. The lowest BCUT2D eigenvalue weighted by Crippen LogP contribution is -2.28. The Hall–Kier alpha value is -2.18. The molecule has 1 N–H and O–H groups in total. The summed E-state index contributed by atoms with van der Waals surface area (Å²) in [6, 6.07) is 13.9. The SMILES string of the molecule is N#CC1(C(O)c2ccncc2)Cc2ccccc2C1. The van der Waals surface area contributed by atoms with Crippen LogP contribution in [0, 0.1) is 16.7 Å². The van der Waals surface area contributed by atoms with E-state index in [9.17, 15) is 10.4 Å². The fourth-order valence-electron chi connectivity index (χ4n) is 2.84. The van der Waals surface area contributed by atoms with E-state index in [0.29, 0.717) is 12.8 Å². The molecule has 94 valence electrons. The molecular weight excluding hydrogens is 236 g/mol. The van der Waals surface area contributed by atoms with Gasteiger partial charge in [0.1, 0.15) is 0 Å². The minimum Gasteiger partial charge on any atom is -0.387 e. The molecule has 0 saturated heterocycles. The van der Waals surface area contributed by atoms with Gasteiger partial charge in [0.05, 0.1) is 17.6 Å². The van der Waals surface area contributed by atoms with Gasteiger partial charge in [0.2, 0.25) is 0 Å². The molecule has 0 amide bonds. The largest absolute Gasteiger partial charge is 0.387 e. The first kappa shape index (κ1) is 11.9. The first-order valence-electron chi connectivity index (χ1n) is 6.31. The highest BCUT2D eigenvalue weighted by atomic mass is 16.3. The number of rotatable bonds is 2. The third-order valence-corrected chi connectivity index (χ3v) is 3.90. The molecule has 0 fully saturated rings. The van der Waals surface area contributed by atoms with Crippen LogP contribution in [0.2, 0.25) is 0 Å². The summed E-state index contributed by atoms with van der Waals surface area (Å²) in [5.41, 5.74) is 2.32. The summed E-state index contributed by atoms with van der Waals surface area (Å²) in [6.45, 7) is 0. The maximum atomic E-state index is 10.6. The molecule has 1 aromatic heterocycles. The highest BCUT2D eigenvalue weighted by Gasteiger charge is 2.44. The summed E-state index contributed by atoms with van der Waals surface area (Å²) < 4.78 is 0. The standard InChI is InChI=1S/C16H14N2O/c17-11-16(15(19)12-5-7-18-8-6-12)9-13-3-1-2-4-14(13)10-16/h1-8,15,19H,9-10H2. The quantitative estimate of drug-likeness (QED) is 0.890. The second-order valence-corrected chi connectivity index (χ2v) is 5.07. The molecule has 0 radical (unpaired) electrons. The molecule has 2 aromatic rings. The molecule has 1 aliphatic carbocycles. The number of pyridine rings is 1. The number of hydrogen-bond donors (Lipinski definition) is 1. The molecule has 3 rings (SSSR count). The molecule has 0 spiro atoms. The number of hydrogen-bond acceptors (Lipinski definition) is 3. The second kappa shape index (κ2) is 4.49. The third-order valence-electron chi connectivity index (χ3n) is 3.90. The molecule has 1 heterocycles. The summed E-state index contributed by atoms with van der Waals surface area (Å²) in [6.07, 6.45) is 3.71. The van der Waals surface area contributed by atoms with Gasteiger partial charge < -0.3 is 5.11 Å². The number of aromatic nitrogens is 1. The molecule has 3 nitrogen and oxygen atoms in total. The summed E-state index contributed by atoms with van der Waals surface area (Å²) in [5.74, 6) is 0. The van der Waals surface area contributed by atoms with Gasteiger partial charge in [0.25, 0.3) is 0 Å². The number of nitriles is 1. The number of benzene rings is 1. The van der Waals surface area contributed by atoms with Crippen LogP contribution in [0.1, 0.15) is 22.8 Å². The maximum absolute atomic E-state index is 10.6. The molecular formula is C16H14N2O. The van der Waals surface area contributed by atoms with Crippen molar-refractivity contribution < 1.29 is 5.11 Å². The van der Waals surface area contributed by atoms with Gasteiger partial charge in [-0.2, -0.15) is 5.26 Å². The molecule has 0 aliphatic heterocycles. The fraction of sp³-hybridized carbons (Fsp3) is 0.250. The van der Waals surface area contributed by atoms with Crippen molar-refractivity contribution >= 4 is 0 Å². The number of nitrogens with zero attached hydrogens (tertiary/aromatic N) is 2. The highest BCUT2D eigenvalue weighted by Crippen LogP contribution is 2.45. The van der Waals surface area contributed by atoms with Crippen LogP contribution in [0.15, 0.2) is 48.8 Å². The van der Waals surface area contributed by atoms with Crippen molar-refractivity contribution in [2.75, 3.05) is 0 Å². The molecule has 0 bridgehead atoms. The summed E-state index contributed by atoms with van der Waals surface area (Å²) >= 11 is 0. The van der Waals surface area contributed by atoms with Crippen molar-refractivity contribution in [2.45, 2.75) is 18.9 Å². The van der Waals surface area contributed by atoms with Gasteiger partial charge in [-0.25, -0.2) is 0 Å². The Bertz CT molecular complexity index is 606. The number of aliphatic hydroxyl groups excluding tert-OH is 1. The van der Waals surface area contributed by atoms with Crippen LogP contribution in [0.4, 0.5) is 0 Å². The molecule has 1 aliphatic rings. The minimum absolute atomic E-state index is 0.600. The van der Waals surface area contributed by atoms with Gasteiger partial charge in [-0.05, 0) is 41.7 Å². The monoisotopic (exact) mass is 250 g/mol. The van der Waals surface area contributed by atoms with E-state index in [-0.39, 0.29) is 0 Å². The van der Waals surface area contributed by atoms with Crippen molar-refractivity contribution in [3.05, 3.63) is 65.5 Å². The Balaban J connectivity index is 1.98. The summed E-state index contributed by atoms with van der Waals surface area (Å²) in [5, 5.41) is 20.2. The van der Waals surface area contributed by atoms with Crippen LogP contribution in [0.25, 0.3) is 0 Å². The van der Waals surface area contributed by atoms with Crippen LogP contribution in [-0.2, 0) is 12.8 Å². The van der Waals surface area contributed by atoms with E-state index in [2.05, 4.69) is 11.1 Å². The highest BCUT2D eigenvalue weighted by molar-refractivity contribution is 5.39. The van der Waals surface area contributed by atoms with Crippen molar-refractivity contribution in [3.63, 3.8) is 0 Å². The Morgan fingerprint density at radius 3 is 2.21 bits per heavy atom. The van der Waals surface area contributed by atoms with E-state index in [0.717, 1.165) is 16.7 Å². The lowest BCUT2D eigenvalue weighted by molar-refractivity contribution is 0.0693. The van der Waals surface area contributed by atoms with Gasteiger partial charge in [0.15, 0.2) is 0 Å². The third kappa shape index (κ3) is 1.91. The van der Waals surface area contributed by atoms with Crippen LogP contribution < -0.4 is 0 Å². The van der Waals surface area contributed by atoms with Crippen LogP contribution in [0.5, 0.6) is 0 Å². The average molecular weight is 250 g/mol. The van der Waals surface area contributed by atoms with Crippen molar-refractivity contribution in [1.82, 2.24) is 4.98 Å². The molecule has 1 unspecified atom stereocenters. The molecule has 0 saturated carbocycles. The van der Waals surface area contributed by atoms with Crippen molar-refractivity contribution in [1.29, 1.82) is 5.26 Å². The molecule has 1 aromatic carbocycles. The molecule has 19 heavy (non-hydrogen) atoms. The Labute approximate surface area is 112 Å². The average Bonchev–Trinajstić information content (AvgIpc) is 2.87. The zero-order valence-corrected chi connectivity index (χ0v) is 10.5. The van der Waals surface area contributed by atoms with Gasteiger partial charge in [-0.15, -0.1) is 0 Å². The smallest absolute Gasteiger partial charge is 0.0983 e. The summed E-state index contributed by atoms with van der Waals surface area (Å²) in [7, 11) is 0. The van der Waals surface area contributed by atoms with Crippen molar-refractivity contribution in [2.24, 2.45) is 5.41 Å². The minimum atomic E-state index is -0.784. The van der Waals surface area contributed by atoms with E-state index < -0.39 is 11.5 Å². The molecule has 1 atom stereocenters. The first-order chi connectivity index (χ1) is 9.25. The zero-order valence-electron chi connectivity index (χ0n) is 10.5. The fourth-order valence-corrected chi connectivity index (χ4v) is 2.84. The summed E-state index contributed by atoms with van der Waals surface area (Å²) in [4.78, 5) is 3.95. The van der Waals surface area contributed by atoms with E-state index >= 15 is 0 Å². The van der Waals surface area contributed by atoms with Crippen LogP contribution in [-0.4, -0.2) is 10.1 Å². The van der Waals surface area contributed by atoms with E-state index in [4.69, 9.17) is 0 Å². The van der Waals surface area contributed by atoms with E-state index in [1.54, 1.807) is 24.5 Å². The van der Waals surface area contributed by atoms with E-state index in [1.165, 1.54) is 0 Å². The Kier molecular flexibility index (Phi) is 2.81. The van der Waals surface area contributed by atoms with Gasteiger partial charge >= 0.3 is 0 Å². The lowest BCUT2D eigenvalue weighted by atomic mass is 9.78. The molecule has 3 heteroatoms. The predicted molar refractivity (Wildman–Crippen MR) is 71.1 cm³/mol. The lowest BCUT2D eigenvalue weighted by Gasteiger charge is -2.27. The number of fused-ring (bicyclic) bond motifs is 1. The predicted octanol–water partition coefficient (Wildman–Crippen LogP) is 2.42. The Morgan fingerprint density at radius 2 is 1.68 bits per heavy atom. The first-order valence-corrected chi connectivity index (χ1v) is 6.31. The van der Waals surface area contributed by atoms with Gasteiger partial charge in [-0.3, -0.25) is 4.98 Å². The number of aliphatic hydroxyl groups is 1. The van der Waals surface area contributed by atoms with Gasteiger partial charge in [0, 0.05) is 12.4 Å². The van der Waals surface area contributed by atoms with Gasteiger partial charge in [-0.1, -0.05) is 24.3 Å². The second-order valence-electron chi connectivity index (χ2n) is 5.07. The maximum Gasteiger partial charge on any atom is 0.0983 e. The van der Waals surface area contributed by atoms with E-state index in [1.807, 2.05) is 24.3 Å². The van der Waals surface area contributed by atoms with Crippen molar-refractivity contribution in [3.8, 4) is 6.07 Å². The Morgan fingerprint density at radius 1 is 1.11 bits per heavy atom. The van der Waals surface area contributed by atoms with Crippen LogP contribution >= 0.6 is 0 Å². The topological polar surface area (TPSA) is 56.9 Å². The zero-order chi connectivity index (χ0) is 13.3.